The van der Waals surface area contributed by atoms with Crippen LogP contribution in [0.15, 0.2) is 30.3 Å². The average Bonchev–Trinajstić information content (AvgIpc) is 2.84. The molecule has 100 valence electrons. The van der Waals surface area contributed by atoms with Gasteiger partial charge in [-0.25, -0.2) is 0 Å². The summed E-state index contributed by atoms with van der Waals surface area (Å²) in [5, 5.41) is 10.0. The third-order valence-electron chi connectivity index (χ3n) is 3.74. The Morgan fingerprint density at radius 1 is 1.21 bits per heavy atom. The van der Waals surface area contributed by atoms with Crippen LogP contribution in [-0.4, -0.2) is 19.2 Å². The highest BCUT2D eigenvalue weighted by molar-refractivity contribution is 7.15. The summed E-state index contributed by atoms with van der Waals surface area (Å²) in [4.78, 5) is 4.56. The quantitative estimate of drug-likeness (QED) is 0.898. The van der Waals surface area contributed by atoms with Gasteiger partial charge in [-0.3, -0.25) is 0 Å². The molecule has 2 aromatic rings. The Morgan fingerprint density at radius 3 is 2.58 bits per heavy atom. The number of rotatable bonds is 2. The summed E-state index contributed by atoms with van der Waals surface area (Å²) in [5.74, 6) is 0. The second-order valence-electron chi connectivity index (χ2n) is 5.35. The Bertz CT molecular complexity index is 571. The number of hydrogen-bond acceptors (Lipinski definition) is 3. The molecule has 1 atom stereocenters. The third kappa shape index (κ3) is 2.40. The molecule has 1 heterocycles. The summed E-state index contributed by atoms with van der Waals surface area (Å²) in [7, 11) is 4.10. The molecule has 0 amide bonds. The van der Waals surface area contributed by atoms with Gasteiger partial charge in [-0.05, 0) is 48.6 Å². The monoisotopic (exact) mass is 273 g/mol. The Balaban J connectivity index is 1.94. The molecule has 0 radical (unpaired) electrons. The van der Waals surface area contributed by atoms with Crippen molar-refractivity contribution in [3.05, 3.63) is 40.8 Å². The van der Waals surface area contributed by atoms with Crippen LogP contribution in [0.4, 0.5) is 5.69 Å². The highest BCUT2D eigenvalue weighted by Gasteiger charge is 2.21. The Morgan fingerprint density at radius 2 is 1.95 bits per heavy atom. The Hall–Kier alpha value is -1.32. The standard InChI is InChI=1S/C16H19NOS/c1-17(2)13-8-6-11(7-9-13)15-10-12-4-3-5-14(18)16(12)19-15/h6-10,14,18H,3-5H2,1-2H3. The normalized spacial score (nSPS) is 18.2. The zero-order valence-electron chi connectivity index (χ0n) is 11.4. The zero-order chi connectivity index (χ0) is 13.4. The van der Waals surface area contributed by atoms with Crippen LogP contribution in [0.1, 0.15) is 29.4 Å². The van der Waals surface area contributed by atoms with Crippen molar-refractivity contribution in [2.24, 2.45) is 0 Å². The molecule has 0 spiro atoms. The van der Waals surface area contributed by atoms with Crippen molar-refractivity contribution in [3.63, 3.8) is 0 Å². The van der Waals surface area contributed by atoms with Gasteiger partial charge >= 0.3 is 0 Å². The molecule has 0 saturated heterocycles. The zero-order valence-corrected chi connectivity index (χ0v) is 12.2. The van der Waals surface area contributed by atoms with Gasteiger partial charge in [-0.2, -0.15) is 0 Å². The average molecular weight is 273 g/mol. The van der Waals surface area contributed by atoms with Gasteiger partial charge in [-0.1, -0.05) is 12.1 Å². The first-order valence-corrected chi connectivity index (χ1v) is 7.55. The molecule has 0 fully saturated rings. The Kier molecular flexibility index (Phi) is 3.33. The van der Waals surface area contributed by atoms with Crippen molar-refractivity contribution in [1.82, 2.24) is 0 Å². The predicted molar refractivity (Wildman–Crippen MR) is 82.0 cm³/mol. The van der Waals surface area contributed by atoms with Gasteiger partial charge in [0, 0.05) is 29.5 Å². The summed E-state index contributed by atoms with van der Waals surface area (Å²) in [6.07, 6.45) is 2.87. The smallest absolute Gasteiger partial charge is 0.0885 e. The second-order valence-corrected chi connectivity index (χ2v) is 6.43. The maximum Gasteiger partial charge on any atom is 0.0885 e. The first-order valence-electron chi connectivity index (χ1n) is 6.73. The summed E-state index contributed by atoms with van der Waals surface area (Å²) in [5.41, 5.74) is 3.80. The summed E-state index contributed by atoms with van der Waals surface area (Å²) < 4.78 is 0. The second kappa shape index (κ2) is 4.99. The number of anilines is 1. The van der Waals surface area contributed by atoms with Gasteiger partial charge in [0.2, 0.25) is 0 Å². The van der Waals surface area contributed by atoms with E-state index in [1.54, 1.807) is 11.3 Å². The van der Waals surface area contributed by atoms with E-state index < -0.39 is 0 Å². The van der Waals surface area contributed by atoms with Gasteiger partial charge in [0.05, 0.1) is 6.10 Å². The number of thiophene rings is 1. The molecule has 1 aromatic carbocycles. The lowest BCUT2D eigenvalue weighted by atomic mass is 9.96. The summed E-state index contributed by atoms with van der Waals surface area (Å²) >= 11 is 1.75. The molecular weight excluding hydrogens is 254 g/mol. The molecule has 1 aliphatic carbocycles. The van der Waals surface area contributed by atoms with Crippen LogP contribution in [0.5, 0.6) is 0 Å². The first kappa shape index (κ1) is 12.7. The van der Waals surface area contributed by atoms with Crippen molar-refractivity contribution in [1.29, 1.82) is 0 Å². The van der Waals surface area contributed by atoms with Crippen molar-refractivity contribution < 1.29 is 5.11 Å². The van der Waals surface area contributed by atoms with Crippen LogP contribution >= 0.6 is 11.3 Å². The van der Waals surface area contributed by atoms with Gasteiger partial charge in [0.15, 0.2) is 0 Å². The third-order valence-corrected chi connectivity index (χ3v) is 5.06. The molecule has 0 saturated carbocycles. The number of hydrogen-bond donors (Lipinski definition) is 1. The molecule has 1 aliphatic rings. The minimum atomic E-state index is -0.247. The van der Waals surface area contributed by atoms with Crippen molar-refractivity contribution in [3.8, 4) is 10.4 Å². The van der Waals surface area contributed by atoms with E-state index in [1.807, 2.05) is 0 Å². The number of benzene rings is 1. The van der Waals surface area contributed by atoms with E-state index in [0.717, 1.165) is 19.3 Å². The van der Waals surface area contributed by atoms with Crippen LogP contribution in [0.25, 0.3) is 10.4 Å². The fourth-order valence-corrected chi connectivity index (χ4v) is 3.84. The number of nitrogens with zero attached hydrogens (tertiary/aromatic N) is 1. The van der Waals surface area contributed by atoms with Crippen molar-refractivity contribution in [2.45, 2.75) is 25.4 Å². The van der Waals surface area contributed by atoms with Crippen LogP contribution in [0.3, 0.4) is 0 Å². The first-order chi connectivity index (χ1) is 9.15. The molecule has 0 bridgehead atoms. The number of aliphatic hydroxyl groups excluding tert-OH is 1. The molecule has 2 nitrogen and oxygen atoms in total. The van der Waals surface area contributed by atoms with E-state index in [2.05, 4.69) is 49.3 Å². The lowest BCUT2D eigenvalue weighted by Crippen LogP contribution is -2.07. The summed E-state index contributed by atoms with van der Waals surface area (Å²) in [6, 6.07) is 10.9. The lowest BCUT2D eigenvalue weighted by Gasteiger charge is -2.16. The van der Waals surface area contributed by atoms with Crippen LogP contribution in [-0.2, 0) is 6.42 Å². The number of aryl methyl sites for hydroxylation is 1. The van der Waals surface area contributed by atoms with E-state index in [4.69, 9.17) is 0 Å². The van der Waals surface area contributed by atoms with E-state index in [-0.39, 0.29) is 6.10 Å². The van der Waals surface area contributed by atoms with E-state index >= 15 is 0 Å². The number of aliphatic hydroxyl groups is 1. The van der Waals surface area contributed by atoms with Crippen molar-refractivity contribution in [2.75, 3.05) is 19.0 Å². The topological polar surface area (TPSA) is 23.5 Å². The van der Waals surface area contributed by atoms with Crippen LogP contribution in [0, 0.1) is 0 Å². The maximum absolute atomic E-state index is 10.0. The van der Waals surface area contributed by atoms with Gasteiger partial charge in [0.25, 0.3) is 0 Å². The highest BCUT2D eigenvalue weighted by atomic mass is 32.1. The summed E-state index contributed by atoms with van der Waals surface area (Å²) in [6.45, 7) is 0. The van der Waals surface area contributed by atoms with E-state index in [1.165, 1.54) is 26.6 Å². The van der Waals surface area contributed by atoms with Gasteiger partial charge in [-0.15, -0.1) is 11.3 Å². The fourth-order valence-electron chi connectivity index (χ4n) is 2.60. The fraction of sp³-hybridized carbons (Fsp3) is 0.375. The predicted octanol–water partition coefficient (Wildman–Crippen LogP) is 3.85. The molecule has 3 rings (SSSR count). The van der Waals surface area contributed by atoms with E-state index in [0.29, 0.717) is 0 Å². The minimum absolute atomic E-state index is 0.247. The Labute approximate surface area is 118 Å². The molecule has 0 aliphatic heterocycles. The van der Waals surface area contributed by atoms with Crippen LogP contribution < -0.4 is 4.90 Å². The molecule has 3 heteroatoms. The molecule has 1 unspecified atom stereocenters. The molecule has 1 N–H and O–H groups in total. The van der Waals surface area contributed by atoms with Gasteiger partial charge in [0.1, 0.15) is 0 Å². The maximum atomic E-state index is 10.0. The van der Waals surface area contributed by atoms with Gasteiger partial charge < -0.3 is 10.0 Å². The lowest BCUT2D eigenvalue weighted by molar-refractivity contribution is 0.161. The minimum Gasteiger partial charge on any atom is -0.388 e. The molecular formula is C16H19NOS. The van der Waals surface area contributed by atoms with Crippen molar-refractivity contribution >= 4 is 17.0 Å². The molecule has 1 aromatic heterocycles. The highest BCUT2D eigenvalue weighted by Crippen LogP contribution is 2.40. The largest absolute Gasteiger partial charge is 0.388 e. The van der Waals surface area contributed by atoms with Crippen LogP contribution in [0.2, 0.25) is 0 Å². The molecule has 19 heavy (non-hydrogen) atoms. The number of fused-ring (bicyclic) bond motifs is 1. The SMILES string of the molecule is CN(C)c1ccc(-c2cc3c(s2)C(O)CCC3)cc1. The van der Waals surface area contributed by atoms with E-state index in [9.17, 15) is 5.11 Å².